The van der Waals surface area contributed by atoms with Gasteiger partial charge in [-0.15, -0.1) is 24.0 Å². The molecule has 23 heavy (non-hydrogen) atoms. The van der Waals surface area contributed by atoms with Gasteiger partial charge in [-0.1, -0.05) is 13.8 Å². The van der Waals surface area contributed by atoms with Crippen LogP contribution < -0.4 is 20.5 Å². The molecular formula is C16H28IN3O2S. The molecule has 0 amide bonds. The van der Waals surface area contributed by atoms with E-state index in [1.165, 1.54) is 5.75 Å². The van der Waals surface area contributed by atoms with Crippen molar-refractivity contribution in [2.24, 2.45) is 16.6 Å². The second kappa shape index (κ2) is 12.6. The Morgan fingerprint density at radius 1 is 1.30 bits per heavy atom. The highest BCUT2D eigenvalue weighted by Crippen LogP contribution is 2.28. The van der Waals surface area contributed by atoms with Gasteiger partial charge in [0.15, 0.2) is 5.96 Å². The molecule has 0 saturated carbocycles. The third-order valence-electron chi connectivity index (χ3n) is 2.85. The standard InChI is InChI=1S/C16H27N3O2S.HI/c1-12(2)11-22-9-5-8-18-16(17)19-14-10-13(20-3)6-7-15(14)21-4;/h6-7,10,12H,5,8-9,11H2,1-4H3,(H3,17,18,19);1H. The van der Waals surface area contributed by atoms with E-state index in [2.05, 4.69) is 24.2 Å². The first-order valence-corrected chi connectivity index (χ1v) is 8.59. The lowest BCUT2D eigenvalue weighted by molar-refractivity contribution is 0.405. The molecule has 0 bridgehead atoms. The van der Waals surface area contributed by atoms with Crippen molar-refractivity contribution >= 4 is 47.4 Å². The number of halogens is 1. The second-order valence-corrected chi connectivity index (χ2v) is 6.43. The van der Waals surface area contributed by atoms with E-state index in [0.717, 1.165) is 36.1 Å². The third-order valence-corrected chi connectivity index (χ3v) is 4.33. The molecule has 132 valence electrons. The third kappa shape index (κ3) is 9.14. The van der Waals surface area contributed by atoms with Crippen LogP contribution in [0.25, 0.3) is 0 Å². The van der Waals surface area contributed by atoms with Crippen LogP contribution in [-0.4, -0.2) is 38.2 Å². The Balaban J connectivity index is 0.00000484. The highest BCUT2D eigenvalue weighted by atomic mass is 127. The number of hydrogen-bond acceptors (Lipinski definition) is 4. The fraction of sp³-hybridized carbons (Fsp3) is 0.562. The number of nitrogens with two attached hydrogens (primary N) is 1. The monoisotopic (exact) mass is 453 g/mol. The van der Waals surface area contributed by atoms with E-state index in [9.17, 15) is 0 Å². The van der Waals surface area contributed by atoms with Gasteiger partial charge in [0.05, 0.1) is 19.9 Å². The fourth-order valence-electron chi connectivity index (χ4n) is 1.77. The zero-order chi connectivity index (χ0) is 16.4. The molecule has 0 aromatic heterocycles. The summed E-state index contributed by atoms with van der Waals surface area (Å²) in [6.45, 7) is 5.18. The van der Waals surface area contributed by atoms with Crippen LogP contribution >= 0.6 is 35.7 Å². The van der Waals surface area contributed by atoms with Crippen LogP contribution in [-0.2, 0) is 0 Å². The Kier molecular flexibility index (Phi) is 12.1. The van der Waals surface area contributed by atoms with Crippen LogP contribution in [0.1, 0.15) is 20.3 Å². The normalized spacial score (nSPS) is 11.1. The molecule has 0 atom stereocenters. The van der Waals surface area contributed by atoms with Gasteiger partial charge >= 0.3 is 0 Å². The van der Waals surface area contributed by atoms with Gasteiger partial charge in [0.25, 0.3) is 0 Å². The summed E-state index contributed by atoms with van der Waals surface area (Å²) in [6.07, 6.45) is 1.02. The summed E-state index contributed by atoms with van der Waals surface area (Å²) in [5.41, 5.74) is 6.67. The molecule has 0 spiro atoms. The van der Waals surface area contributed by atoms with Gasteiger partial charge in [-0.25, -0.2) is 0 Å². The molecule has 0 aliphatic rings. The average molecular weight is 453 g/mol. The predicted molar refractivity (Wildman–Crippen MR) is 112 cm³/mol. The summed E-state index contributed by atoms with van der Waals surface area (Å²) in [6, 6.07) is 5.50. The molecule has 0 unspecified atom stereocenters. The summed E-state index contributed by atoms with van der Waals surface area (Å²) in [5.74, 6) is 4.87. The van der Waals surface area contributed by atoms with Gasteiger partial charge in [-0.3, -0.25) is 4.99 Å². The molecule has 3 N–H and O–H groups in total. The number of hydrogen-bond donors (Lipinski definition) is 2. The molecular weight excluding hydrogens is 425 g/mol. The van der Waals surface area contributed by atoms with Gasteiger partial charge in [0.1, 0.15) is 11.5 Å². The SMILES string of the molecule is COc1ccc(OC)c(NC(N)=NCCCSCC(C)C)c1.I. The minimum absolute atomic E-state index is 0. The van der Waals surface area contributed by atoms with Gasteiger partial charge in [-0.2, -0.15) is 11.8 Å². The maximum Gasteiger partial charge on any atom is 0.193 e. The first kappa shape index (κ1) is 22.2. The van der Waals surface area contributed by atoms with Crippen LogP contribution in [0.5, 0.6) is 11.5 Å². The number of benzene rings is 1. The van der Waals surface area contributed by atoms with Crippen molar-refractivity contribution in [3.8, 4) is 11.5 Å². The smallest absolute Gasteiger partial charge is 0.193 e. The summed E-state index contributed by atoms with van der Waals surface area (Å²) in [5, 5.41) is 3.06. The number of thioether (sulfide) groups is 1. The van der Waals surface area contributed by atoms with Crippen LogP contribution in [0.15, 0.2) is 23.2 Å². The largest absolute Gasteiger partial charge is 0.497 e. The van der Waals surface area contributed by atoms with Gasteiger partial charge in [0, 0.05) is 12.6 Å². The first-order valence-electron chi connectivity index (χ1n) is 7.43. The summed E-state index contributed by atoms with van der Waals surface area (Å²) in [7, 11) is 3.24. The Morgan fingerprint density at radius 3 is 2.65 bits per heavy atom. The Bertz CT molecular complexity index is 484. The number of nitrogens with zero attached hydrogens (tertiary/aromatic N) is 1. The molecule has 0 fully saturated rings. The molecule has 0 radical (unpaired) electrons. The topological polar surface area (TPSA) is 68.9 Å². The fourth-order valence-corrected chi connectivity index (χ4v) is 2.75. The summed E-state index contributed by atoms with van der Waals surface area (Å²) >= 11 is 1.96. The van der Waals surface area contributed by atoms with Crippen molar-refractivity contribution in [1.29, 1.82) is 0 Å². The maximum absolute atomic E-state index is 5.92. The molecule has 1 rings (SSSR count). The van der Waals surface area contributed by atoms with E-state index in [1.807, 2.05) is 30.0 Å². The number of ether oxygens (including phenoxy) is 2. The number of nitrogens with one attached hydrogen (secondary N) is 1. The van der Waals surface area contributed by atoms with Crippen LogP contribution in [0.2, 0.25) is 0 Å². The quantitative estimate of drug-likeness (QED) is 0.258. The molecule has 7 heteroatoms. The Hall–Kier alpha value is -0.830. The maximum atomic E-state index is 5.92. The number of guanidine groups is 1. The van der Waals surface area contributed by atoms with Crippen molar-refractivity contribution in [2.75, 3.05) is 37.6 Å². The summed E-state index contributed by atoms with van der Waals surface area (Å²) < 4.78 is 10.5. The molecule has 5 nitrogen and oxygen atoms in total. The van der Waals surface area contributed by atoms with E-state index in [1.54, 1.807) is 14.2 Å². The van der Waals surface area contributed by atoms with E-state index < -0.39 is 0 Å². The van der Waals surface area contributed by atoms with Crippen molar-refractivity contribution in [3.05, 3.63) is 18.2 Å². The lowest BCUT2D eigenvalue weighted by atomic mass is 10.2. The van der Waals surface area contributed by atoms with E-state index >= 15 is 0 Å². The molecule has 0 saturated heterocycles. The summed E-state index contributed by atoms with van der Waals surface area (Å²) in [4.78, 5) is 4.34. The second-order valence-electron chi connectivity index (χ2n) is 5.28. The van der Waals surface area contributed by atoms with Gasteiger partial charge in [-0.05, 0) is 36.0 Å². The van der Waals surface area contributed by atoms with Crippen molar-refractivity contribution in [2.45, 2.75) is 20.3 Å². The molecule has 1 aromatic rings. The van der Waals surface area contributed by atoms with Crippen LogP contribution in [0.4, 0.5) is 5.69 Å². The average Bonchev–Trinajstić information content (AvgIpc) is 2.50. The van der Waals surface area contributed by atoms with E-state index in [-0.39, 0.29) is 24.0 Å². The number of aliphatic imine (C=N–C) groups is 1. The van der Waals surface area contributed by atoms with Crippen molar-refractivity contribution in [3.63, 3.8) is 0 Å². The number of rotatable bonds is 9. The molecule has 0 heterocycles. The number of methoxy groups -OCH3 is 2. The Morgan fingerprint density at radius 2 is 2.04 bits per heavy atom. The lowest BCUT2D eigenvalue weighted by Crippen LogP contribution is -2.23. The van der Waals surface area contributed by atoms with Gasteiger partial charge < -0.3 is 20.5 Å². The zero-order valence-electron chi connectivity index (χ0n) is 14.3. The van der Waals surface area contributed by atoms with Crippen molar-refractivity contribution in [1.82, 2.24) is 0 Å². The van der Waals surface area contributed by atoms with Crippen molar-refractivity contribution < 1.29 is 9.47 Å². The lowest BCUT2D eigenvalue weighted by Gasteiger charge is -2.12. The zero-order valence-corrected chi connectivity index (χ0v) is 17.4. The van der Waals surface area contributed by atoms with Crippen LogP contribution in [0.3, 0.4) is 0 Å². The van der Waals surface area contributed by atoms with E-state index in [4.69, 9.17) is 15.2 Å². The predicted octanol–water partition coefficient (Wildman–Crippen LogP) is 3.83. The minimum atomic E-state index is 0. The molecule has 0 aliphatic carbocycles. The highest BCUT2D eigenvalue weighted by Gasteiger charge is 2.05. The number of anilines is 1. The molecule has 0 aliphatic heterocycles. The van der Waals surface area contributed by atoms with E-state index in [0.29, 0.717) is 11.7 Å². The first-order chi connectivity index (χ1) is 10.6. The highest BCUT2D eigenvalue weighted by molar-refractivity contribution is 14.0. The van der Waals surface area contributed by atoms with Gasteiger partial charge in [0.2, 0.25) is 0 Å². The van der Waals surface area contributed by atoms with Crippen LogP contribution in [0, 0.1) is 5.92 Å². The minimum Gasteiger partial charge on any atom is -0.497 e. The molecule has 1 aromatic carbocycles. The Labute approximate surface area is 160 Å².